The molecule has 0 saturated carbocycles. The number of hydrogen-bond acceptors (Lipinski definition) is 4. The number of non-ortho nitro benzene ring substituents is 1. The highest BCUT2D eigenvalue weighted by Crippen LogP contribution is 2.31. The molecule has 3 rings (SSSR count). The van der Waals surface area contributed by atoms with Crippen molar-refractivity contribution in [2.45, 2.75) is 6.92 Å². The predicted molar refractivity (Wildman–Crippen MR) is 103 cm³/mol. The van der Waals surface area contributed by atoms with Crippen LogP contribution in [0.3, 0.4) is 0 Å². The highest BCUT2D eigenvalue weighted by molar-refractivity contribution is 9.10. The molecule has 0 aliphatic heterocycles. The fourth-order valence-corrected chi connectivity index (χ4v) is 3.17. The van der Waals surface area contributed by atoms with Crippen LogP contribution < -0.4 is 0 Å². The molecule has 0 saturated heterocycles. The third-order valence-corrected chi connectivity index (χ3v) is 4.47. The summed E-state index contributed by atoms with van der Waals surface area (Å²) in [5.41, 5.74) is 2.99. The van der Waals surface area contributed by atoms with Crippen LogP contribution in [0.4, 0.5) is 5.69 Å². The Morgan fingerprint density at radius 1 is 1.19 bits per heavy atom. The van der Waals surface area contributed by atoms with E-state index in [4.69, 9.17) is 4.42 Å². The summed E-state index contributed by atoms with van der Waals surface area (Å²) in [6.45, 7) is 2.01. The van der Waals surface area contributed by atoms with Gasteiger partial charge < -0.3 is 4.42 Å². The number of nitrogens with zero attached hydrogens (tertiary/aromatic N) is 2. The zero-order valence-electron chi connectivity index (χ0n) is 13.8. The van der Waals surface area contributed by atoms with Crippen molar-refractivity contribution < 1.29 is 9.34 Å². The maximum atomic E-state index is 10.7. The molecule has 1 aromatic heterocycles. The third-order valence-electron chi connectivity index (χ3n) is 3.81. The second-order valence-electron chi connectivity index (χ2n) is 5.66. The van der Waals surface area contributed by atoms with Crippen LogP contribution in [0.25, 0.3) is 23.0 Å². The number of nitro groups is 1. The Morgan fingerprint density at radius 3 is 2.54 bits per heavy atom. The summed E-state index contributed by atoms with van der Waals surface area (Å²) >= 11 is 3.53. The van der Waals surface area contributed by atoms with Gasteiger partial charge in [0.05, 0.1) is 16.6 Å². The molecule has 0 spiro atoms. The number of halogens is 1. The van der Waals surface area contributed by atoms with Gasteiger partial charge in [-0.15, -0.1) is 0 Å². The van der Waals surface area contributed by atoms with Crippen LogP contribution in [0, 0.1) is 28.4 Å². The molecule has 6 heteroatoms. The number of hydrogen-bond donors (Lipinski definition) is 0. The van der Waals surface area contributed by atoms with E-state index in [1.165, 1.54) is 12.1 Å². The Labute approximate surface area is 158 Å². The zero-order valence-corrected chi connectivity index (χ0v) is 15.4. The molecule has 5 nitrogen and oxygen atoms in total. The van der Waals surface area contributed by atoms with E-state index in [2.05, 4.69) is 22.0 Å². The number of nitro benzene ring substituents is 1. The van der Waals surface area contributed by atoms with Gasteiger partial charge in [-0.05, 0) is 60.5 Å². The topological polar surface area (TPSA) is 80.1 Å². The van der Waals surface area contributed by atoms with E-state index in [1.54, 1.807) is 24.3 Å². The molecule has 3 aromatic rings. The van der Waals surface area contributed by atoms with Crippen LogP contribution in [0.1, 0.15) is 16.9 Å². The SMILES string of the molecule is Cc1ccc(-c2ccc(/C=C(\C#N)c3ccc([N+](=O)[O-])cc3)o2)c(Br)c1. The summed E-state index contributed by atoms with van der Waals surface area (Å²) in [6, 6.07) is 17.5. The van der Waals surface area contributed by atoms with Crippen molar-refractivity contribution in [1.82, 2.24) is 0 Å². The van der Waals surface area contributed by atoms with Gasteiger partial charge in [0.2, 0.25) is 0 Å². The van der Waals surface area contributed by atoms with Crippen LogP contribution in [0.15, 0.2) is 63.5 Å². The number of aryl methyl sites for hydroxylation is 1. The van der Waals surface area contributed by atoms with Crippen LogP contribution in [-0.4, -0.2) is 4.92 Å². The molecule has 0 aliphatic rings. The lowest BCUT2D eigenvalue weighted by Crippen LogP contribution is -1.88. The average Bonchev–Trinajstić information content (AvgIpc) is 3.08. The van der Waals surface area contributed by atoms with Gasteiger partial charge in [-0.2, -0.15) is 5.26 Å². The molecule has 0 atom stereocenters. The van der Waals surface area contributed by atoms with Crippen molar-refractivity contribution in [3.8, 4) is 17.4 Å². The van der Waals surface area contributed by atoms with Gasteiger partial charge in [0, 0.05) is 22.2 Å². The molecule has 1 heterocycles. The molecule has 0 unspecified atom stereocenters. The highest BCUT2D eigenvalue weighted by Gasteiger charge is 2.10. The predicted octanol–water partition coefficient (Wildman–Crippen LogP) is 5.99. The summed E-state index contributed by atoms with van der Waals surface area (Å²) < 4.78 is 6.77. The van der Waals surface area contributed by atoms with Gasteiger partial charge >= 0.3 is 0 Å². The van der Waals surface area contributed by atoms with Crippen molar-refractivity contribution >= 4 is 33.3 Å². The van der Waals surface area contributed by atoms with E-state index in [0.717, 1.165) is 15.6 Å². The lowest BCUT2D eigenvalue weighted by atomic mass is 10.1. The van der Waals surface area contributed by atoms with E-state index < -0.39 is 4.92 Å². The Balaban J connectivity index is 1.92. The maximum absolute atomic E-state index is 10.7. The minimum Gasteiger partial charge on any atom is -0.457 e. The zero-order chi connectivity index (χ0) is 18.7. The minimum absolute atomic E-state index is 0.0180. The van der Waals surface area contributed by atoms with E-state index >= 15 is 0 Å². The quantitative estimate of drug-likeness (QED) is 0.301. The van der Waals surface area contributed by atoms with Crippen molar-refractivity contribution in [2.75, 3.05) is 0 Å². The van der Waals surface area contributed by atoms with Crippen LogP contribution in [-0.2, 0) is 0 Å². The summed E-state index contributed by atoms with van der Waals surface area (Å²) in [6.07, 6.45) is 1.62. The molecule has 0 radical (unpaired) electrons. The van der Waals surface area contributed by atoms with Crippen molar-refractivity contribution in [3.63, 3.8) is 0 Å². The maximum Gasteiger partial charge on any atom is 0.269 e. The summed E-state index contributed by atoms with van der Waals surface area (Å²) in [5, 5.41) is 20.2. The Morgan fingerprint density at radius 2 is 1.92 bits per heavy atom. The first kappa shape index (κ1) is 17.6. The monoisotopic (exact) mass is 408 g/mol. The summed E-state index contributed by atoms with van der Waals surface area (Å²) in [4.78, 5) is 10.3. The van der Waals surface area contributed by atoms with Gasteiger partial charge in [-0.25, -0.2) is 0 Å². The van der Waals surface area contributed by atoms with Gasteiger partial charge in [-0.1, -0.05) is 22.0 Å². The fraction of sp³-hybridized carbons (Fsp3) is 0.0500. The number of benzene rings is 2. The van der Waals surface area contributed by atoms with Gasteiger partial charge in [0.15, 0.2) is 0 Å². The largest absolute Gasteiger partial charge is 0.457 e. The Bertz CT molecular complexity index is 1040. The lowest BCUT2D eigenvalue weighted by molar-refractivity contribution is -0.384. The first-order valence-corrected chi connectivity index (χ1v) is 8.50. The van der Waals surface area contributed by atoms with E-state index in [0.29, 0.717) is 22.7 Å². The van der Waals surface area contributed by atoms with Crippen molar-refractivity contribution in [1.29, 1.82) is 5.26 Å². The van der Waals surface area contributed by atoms with Crippen LogP contribution in [0.2, 0.25) is 0 Å². The number of allylic oxidation sites excluding steroid dienone is 1. The van der Waals surface area contributed by atoms with Crippen LogP contribution >= 0.6 is 15.9 Å². The third kappa shape index (κ3) is 3.73. The first-order valence-electron chi connectivity index (χ1n) is 7.71. The first-order chi connectivity index (χ1) is 12.5. The molecule has 26 heavy (non-hydrogen) atoms. The molecular weight excluding hydrogens is 396 g/mol. The number of nitriles is 1. The molecule has 0 amide bonds. The van der Waals surface area contributed by atoms with Gasteiger partial charge in [0.1, 0.15) is 11.5 Å². The van der Waals surface area contributed by atoms with Crippen molar-refractivity contribution in [2.24, 2.45) is 0 Å². The molecule has 0 fully saturated rings. The second-order valence-corrected chi connectivity index (χ2v) is 6.51. The molecule has 128 valence electrons. The minimum atomic E-state index is -0.474. The molecule has 2 aromatic carbocycles. The molecule has 0 aliphatic carbocycles. The molecule has 0 N–H and O–H groups in total. The highest BCUT2D eigenvalue weighted by atomic mass is 79.9. The van der Waals surface area contributed by atoms with E-state index in [9.17, 15) is 15.4 Å². The molecule has 0 bridgehead atoms. The average molecular weight is 409 g/mol. The van der Waals surface area contributed by atoms with E-state index in [-0.39, 0.29) is 5.69 Å². The molecular formula is C20H13BrN2O3. The van der Waals surface area contributed by atoms with Crippen molar-refractivity contribution in [3.05, 3.63) is 86.1 Å². The Hall–Kier alpha value is -3.17. The van der Waals surface area contributed by atoms with E-state index in [1.807, 2.05) is 31.2 Å². The number of furan rings is 1. The standard InChI is InChI=1S/C20H13BrN2O3/c1-13-2-8-18(19(21)10-13)20-9-7-17(26-20)11-15(12-22)14-3-5-16(6-4-14)23(24)25/h2-11H,1H3/b15-11+. The summed E-state index contributed by atoms with van der Waals surface area (Å²) in [5.74, 6) is 1.21. The number of rotatable bonds is 4. The smallest absolute Gasteiger partial charge is 0.269 e. The summed E-state index contributed by atoms with van der Waals surface area (Å²) in [7, 11) is 0. The lowest BCUT2D eigenvalue weighted by Gasteiger charge is -2.02. The normalized spacial score (nSPS) is 11.2. The van der Waals surface area contributed by atoms with Crippen LogP contribution in [0.5, 0.6) is 0 Å². The second kappa shape index (κ2) is 7.38. The van der Waals surface area contributed by atoms with Gasteiger partial charge in [0.25, 0.3) is 5.69 Å². The Kier molecular flexibility index (Phi) is 5.01. The fourth-order valence-electron chi connectivity index (χ4n) is 2.48. The van der Waals surface area contributed by atoms with Gasteiger partial charge in [-0.3, -0.25) is 10.1 Å².